The molecule has 0 spiro atoms. The van der Waals surface area contributed by atoms with Crippen LogP contribution < -0.4 is 5.63 Å². The van der Waals surface area contributed by atoms with E-state index in [4.69, 9.17) is 16.0 Å². The highest BCUT2D eigenvalue weighted by Gasteiger charge is 2.14. The standard InChI is InChI=1S/C13H8BrClO4/c14-5-10(16)8-4-13(18)19-12-2-1-7(3-9(8)12)11(17)6-15/h1-4H,5-6H2. The summed E-state index contributed by atoms with van der Waals surface area (Å²) in [6.07, 6.45) is 0. The molecule has 0 fully saturated rings. The van der Waals surface area contributed by atoms with Crippen molar-refractivity contribution in [1.29, 1.82) is 0 Å². The highest BCUT2D eigenvalue weighted by atomic mass is 79.9. The number of benzene rings is 1. The maximum atomic E-state index is 11.8. The summed E-state index contributed by atoms with van der Waals surface area (Å²) in [5.41, 5.74) is 0.267. The molecule has 0 aliphatic carbocycles. The van der Waals surface area contributed by atoms with Gasteiger partial charge in [0.2, 0.25) is 0 Å². The molecule has 0 saturated carbocycles. The Morgan fingerprint density at radius 2 is 1.95 bits per heavy atom. The van der Waals surface area contributed by atoms with Gasteiger partial charge in [-0.2, -0.15) is 0 Å². The number of halogens is 2. The minimum absolute atomic E-state index is 0.0826. The van der Waals surface area contributed by atoms with Gasteiger partial charge in [0.25, 0.3) is 0 Å². The van der Waals surface area contributed by atoms with Crippen LogP contribution in [0, 0.1) is 0 Å². The van der Waals surface area contributed by atoms with Crippen molar-refractivity contribution in [2.45, 2.75) is 0 Å². The molecule has 0 radical (unpaired) electrons. The molecule has 0 atom stereocenters. The lowest BCUT2D eigenvalue weighted by Gasteiger charge is -2.04. The first-order valence-corrected chi connectivity index (χ1v) is 6.98. The zero-order chi connectivity index (χ0) is 14.0. The molecule has 0 unspecified atom stereocenters. The number of carbonyl (C=O) groups excluding carboxylic acids is 2. The molecule has 2 rings (SSSR count). The van der Waals surface area contributed by atoms with E-state index < -0.39 is 5.63 Å². The number of hydrogen-bond acceptors (Lipinski definition) is 4. The lowest BCUT2D eigenvalue weighted by Crippen LogP contribution is -2.08. The van der Waals surface area contributed by atoms with E-state index in [1.54, 1.807) is 0 Å². The molecule has 2 aromatic rings. The first kappa shape index (κ1) is 14.0. The Labute approximate surface area is 121 Å². The molecule has 19 heavy (non-hydrogen) atoms. The summed E-state index contributed by atoms with van der Waals surface area (Å²) in [5.74, 6) is -0.662. The molecule has 6 heteroatoms. The third kappa shape index (κ3) is 2.77. The summed E-state index contributed by atoms with van der Waals surface area (Å²) in [4.78, 5) is 34.7. The van der Waals surface area contributed by atoms with Crippen LogP contribution in [-0.2, 0) is 0 Å². The lowest BCUT2D eigenvalue weighted by atomic mass is 10.0. The Kier molecular flexibility index (Phi) is 4.17. The van der Waals surface area contributed by atoms with E-state index in [9.17, 15) is 14.4 Å². The quantitative estimate of drug-likeness (QED) is 0.486. The van der Waals surface area contributed by atoms with Crippen molar-refractivity contribution in [2.24, 2.45) is 0 Å². The fourth-order valence-corrected chi connectivity index (χ4v) is 2.17. The van der Waals surface area contributed by atoms with Gasteiger partial charge in [-0.1, -0.05) is 15.9 Å². The predicted molar refractivity (Wildman–Crippen MR) is 75.7 cm³/mol. The maximum Gasteiger partial charge on any atom is 0.336 e. The Bertz CT molecular complexity index is 720. The largest absolute Gasteiger partial charge is 0.423 e. The third-order valence-electron chi connectivity index (χ3n) is 2.61. The minimum Gasteiger partial charge on any atom is -0.423 e. The fraction of sp³-hybridized carbons (Fsp3) is 0.154. The molecule has 0 N–H and O–H groups in total. The van der Waals surface area contributed by atoms with Gasteiger partial charge in [-0.3, -0.25) is 9.59 Å². The molecule has 0 bridgehead atoms. The predicted octanol–water partition coefficient (Wildman–Crippen LogP) is 2.79. The molecule has 0 aliphatic rings. The molecule has 4 nitrogen and oxygen atoms in total. The third-order valence-corrected chi connectivity index (χ3v) is 3.36. The van der Waals surface area contributed by atoms with E-state index in [1.165, 1.54) is 18.2 Å². The second-order valence-electron chi connectivity index (χ2n) is 3.80. The van der Waals surface area contributed by atoms with Crippen molar-refractivity contribution in [3.05, 3.63) is 45.8 Å². The van der Waals surface area contributed by atoms with Crippen LogP contribution in [0.1, 0.15) is 20.7 Å². The smallest absolute Gasteiger partial charge is 0.336 e. The average molecular weight is 344 g/mol. The van der Waals surface area contributed by atoms with E-state index in [0.29, 0.717) is 10.9 Å². The van der Waals surface area contributed by atoms with Crippen LogP contribution in [0.3, 0.4) is 0 Å². The van der Waals surface area contributed by atoms with Gasteiger partial charge in [0.05, 0.1) is 11.2 Å². The Hall–Kier alpha value is -1.46. The number of hydrogen-bond donors (Lipinski definition) is 0. The maximum absolute atomic E-state index is 11.8. The van der Waals surface area contributed by atoms with Gasteiger partial charge in [0.1, 0.15) is 5.58 Å². The van der Waals surface area contributed by atoms with Gasteiger partial charge in [-0.15, -0.1) is 11.6 Å². The van der Waals surface area contributed by atoms with Crippen molar-refractivity contribution < 1.29 is 14.0 Å². The Morgan fingerprint density at radius 1 is 1.21 bits per heavy atom. The van der Waals surface area contributed by atoms with E-state index in [0.717, 1.165) is 6.07 Å². The van der Waals surface area contributed by atoms with E-state index in [-0.39, 0.29) is 33.9 Å². The van der Waals surface area contributed by atoms with Crippen molar-refractivity contribution in [3.63, 3.8) is 0 Å². The molecule has 0 saturated heterocycles. The minimum atomic E-state index is -0.604. The Morgan fingerprint density at radius 3 is 2.58 bits per heavy atom. The molecule has 1 aromatic carbocycles. The number of ketones is 2. The molecule has 1 aromatic heterocycles. The summed E-state index contributed by atoms with van der Waals surface area (Å²) in [6, 6.07) is 5.64. The topological polar surface area (TPSA) is 64.3 Å². The van der Waals surface area contributed by atoms with Gasteiger partial charge < -0.3 is 4.42 Å². The first-order valence-electron chi connectivity index (χ1n) is 5.33. The van der Waals surface area contributed by atoms with Crippen molar-refractivity contribution in [2.75, 3.05) is 11.2 Å². The number of Topliss-reactive ketones (excluding diaryl/α,β-unsaturated/α-hetero) is 2. The lowest BCUT2D eigenvalue weighted by molar-refractivity contribution is 0.101. The molecular weight excluding hydrogens is 335 g/mol. The SMILES string of the molecule is O=C(CCl)c1ccc2oc(=O)cc(C(=O)CBr)c2c1. The van der Waals surface area contributed by atoms with Crippen molar-refractivity contribution in [1.82, 2.24) is 0 Å². The van der Waals surface area contributed by atoms with Crippen molar-refractivity contribution in [3.8, 4) is 0 Å². The highest BCUT2D eigenvalue weighted by Crippen LogP contribution is 2.20. The van der Waals surface area contributed by atoms with Gasteiger partial charge >= 0.3 is 5.63 Å². The zero-order valence-electron chi connectivity index (χ0n) is 9.61. The van der Waals surface area contributed by atoms with Crippen LogP contribution in [0.25, 0.3) is 11.0 Å². The highest BCUT2D eigenvalue weighted by molar-refractivity contribution is 9.09. The van der Waals surface area contributed by atoms with Gasteiger partial charge in [0, 0.05) is 22.6 Å². The van der Waals surface area contributed by atoms with Crippen LogP contribution in [-0.4, -0.2) is 22.8 Å². The van der Waals surface area contributed by atoms with E-state index >= 15 is 0 Å². The summed E-state index contributed by atoms with van der Waals surface area (Å²) in [6.45, 7) is 0. The van der Waals surface area contributed by atoms with Crippen LogP contribution in [0.15, 0.2) is 33.5 Å². The zero-order valence-corrected chi connectivity index (χ0v) is 12.0. The van der Waals surface area contributed by atoms with Crippen LogP contribution in [0.2, 0.25) is 0 Å². The summed E-state index contributed by atoms with van der Waals surface area (Å²) in [5, 5.41) is 0.513. The number of carbonyl (C=O) groups is 2. The van der Waals surface area contributed by atoms with Gasteiger partial charge in [-0.25, -0.2) is 4.79 Å². The molecule has 98 valence electrons. The monoisotopic (exact) mass is 342 g/mol. The molecular formula is C13H8BrClO4. The fourth-order valence-electron chi connectivity index (χ4n) is 1.72. The van der Waals surface area contributed by atoms with Crippen LogP contribution in [0.5, 0.6) is 0 Å². The van der Waals surface area contributed by atoms with E-state index in [1.807, 2.05) is 0 Å². The summed E-state index contributed by atoms with van der Waals surface area (Å²) in [7, 11) is 0. The van der Waals surface area contributed by atoms with Gasteiger partial charge in [-0.05, 0) is 18.2 Å². The number of fused-ring (bicyclic) bond motifs is 1. The summed E-state index contributed by atoms with van der Waals surface area (Å²) >= 11 is 8.55. The second kappa shape index (κ2) is 5.67. The number of rotatable bonds is 4. The Balaban J connectivity index is 2.75. The van der Waals surface area contributed by atoms with Gasteiger partial charge in [0.15, 0.2) is 11.6 Å². The second-order valence-corrected chi connectivity index (χ2v) is 4.63. The first-order chi connectivity index (χ1) is 9.06. The van der Waals surface area contributed by atoms with Crippen LogP contribution >= 0.6 is 27.5 Å². The molecule has 1 heterocycles. The normalized spacial score (nSPS) is 10.6. The number of alkyl halides is 2. The molecule has 0 amide bonds. The van der Waals surface area contributed by atoms with E-state index in [2.05, 4.69) is 15.9 Å². The summed E-state index contributed by atoms with van der Waals surface area (Å²) < 4.78 is 5.00. The van der Waals surface area contributed by atoms with Crippen LogP contribution in [0.4, 0.5) is 0 Å². The van der Waals surface area contributed by atoms with Crippen molar-refractivity contribution >= 4 is 50.1 Å². The molecule has 0 aliphatic heterocycles. The average Bonchev–Trinajstić information content (AvgIpc) is 2.44.